The Kier molecular flexibility index (Phi) is 7.34. The first kappa shape index (κ1) is 23.8. The van der Waals surface area contributed by atoms with E-state index in [1.165, 1.54) is 6.08 Å². The molecule has 0 aliphatic heterocycles. The summed E-state index contributed by atoms with van der Waals surface area (Å²) in [5, 5.41) is 0. The van der Waals surface area contributed by atoms with Crippen LogP contribution in [0, 0.1) is 0 Å². The average Bonchev–Trinajstić information content (AvgIpc) is 2.82. The molecule has 0 radical (unpaired) electrons. The monoisotopic (exact) mass is 444 g/mol. The molecule has 0 N–H and O–H groups in total. The van der Waals surface area contributed by atoms with Gasteiger partial charge in [0, 0.05) is 5.56 Å². The van der Waals surface area contributed by atoms with Crippen molar-refractivity contribution >= 4 is 17.8 Å². The molecule has 5 nitrogen and oxygen atoms in total. The minimum atomic E-state index is -0.442. The van der Waals surface area contributed by atoms with E-state index >= 15 is 0 Å². The first-order chi connectivity index (χ1) is 15.7. The van der Waals surface area contributed by atoms with E-state index in [4.69, 9.17) is 14.2 Å². The Hall–Kier alpha value is -3.86. The van der Waals surface area contributed by atoms with Crippen LogP contribution in [-0.4, -0.2) is 26.0 Å². The van der Waals surface area contributed by atoms with Gasteiger partial charge < -0.3 is 14.2 Å². The fraction of sp³-hybridized carbons (Fsp3) is 0.214. The summed E-state index contributed by atoms with van der Waals surface area (Å²) in [7, 11) is 3.13. The number of ketones is 1. The van der Waals surface area contributed by atoms with Gasteiger partial charge in [-0.15, -0.1) is 0 Å². The standard InChI is InChI=1S/C28H28O5/c1-28(2,3)22-12-8-21(9-13-22)27(30)33-23-14-10-20(11-15-23)24(29)16-6-19-7-17-25(31-4)26(18-19)32-5/h6-18H,1-5H3/b16-6+. The predicted octanol–water partition coefficient (Wildman–Crippen LogP) is 6.12. The maximum absolute atomic E-state index is 12.5. The molecule has 0 unspecified atom stereocenters. The Labute approximate surface area is 194 Å². The van der Waals surface area contributed by atoms with Crippen LogP contribution >= 0.6 is 0 Å². The Morgan fingerprint density at radius 3 is 1.94 bits per heavy atom. The summed E-state index contributed by atoms with van der Waals surface area (Å²) >= 11 is 0. The van der Waals surface area contributed by atoms with Crippen LogP contribution in [-0.2, 0) is 5.41 Å². The number of methoxy groups -OCH3 is 2. The average molecular weight is 445 g/mol. The van der Waals surface area contributed by atoms with Crippen LogP contribution in [0.2, 0.25) is 0 Å². The molecular weight excluding hydrogens is 416 g/mol. The lowest BCUT2D eigenvalue weighted by atomic mass is 9.87. The highest BCUT2D eigenvalue weighted by molar-refractivity contribution is 6.07. The molecule has 170 valence electrons. The second kappa shape index (κ2) is 10.2. The van der Waals surface area contributed by atoms with Crippen LogP contribution in [0.15, 0.2) is 72.8 Å². The van der Waals surface area contributed by atoms with Crippen LogP contribution < -0.4 is 14.2 Å². The maximum Gasteiger partial charge on any atom is 0.343 e. The first-order valence-corrected chi connectivity index (χ1v) is 10.6. The largest absolute Gasteiger partial charge is 0.493 e. The van der Waals surface area contributed by atoms with E-state index in [1.807, 2.05) is 18.2 Å². The smallest absolute Gasteiger partial charge is 0.343 e. The van der Waals surface area contributed by atoms with Gasteiger partial charge in [0.1, 0.15) is 5.75 Å². The molecule has 0 heterocycles. The highest BCUT2D eigenvalue weighted by Crippen LogP contribution is 2.28. The number of hydrogen-bond acceptors (Lipinski definition) is 5. The zero-order valence-corrected chi connectivity index (χ0v) is 19.5. The van der Waals surface area contributed by atoms with E-state index in [-0.39, 0.29) is 11.2 Å². The lowest BCUT2D eigenvalue weighted by Gasteiger charge is -2.18. The van der Waals surface area contributed by atoms with Gasteiger partial charge in [-0.25, -0.2) is 4.79 Å². The van der Waals surface area contributed by atoms with Gasteiger partial charge in [0.2, 0.25) is 0 Å². The molecule has 0 aliphatic rings. The molecular formula is C28H28O5. The number of rotatable bonds is 7. The molecule has 3 rings (SSSR count). The molecule has 0 aromatic heterocycles. The second-order valence-corrected chi connectivity index (χ2v) is 8.55. The summed E-state index contributed by atoms with van der Waals surface area (Å²) in [6.07, 6.45) is 3.19. The number of hydrogen-bond donors (Lipinski definition) is 0. The van der Waals surface area contributed by atoms with E-state index in [0.29, 0.717) is 28.4 Å². The summed E-state index contributed by atoms with van der Waals surface area (Å²) in [5.74, 6) is 0.978. The van der Waals surface area contributed by atoms with Crippen molar-refractivity contribution in [3.63, 3.8) is 0 Å². The van der Waals surface area contributed by atoms with Crippen molar-refractivity contribution in [2.45, 2.75) is 26.2 Å². The van der Waals surface area contributed by atoms with Crippen LogP contribution in [0.1, 0.15) is 52.6 Å². The van der Waals surface area contributed by atoms with Gasteiger partial charge in [0.15, 0.2) is 17.3 Å². The van der Waals surface area contributed by atoms with Gasteiger partial charge in [-0.3, -0.25) is 4.79 Å². The zero-order chi connectivity index (χ0) is 24.0. The Morgan fingerprint density at radius 2 is 1.36 bits per heavy atom. The highest BCUT2D eigenvalue weighted by Gasteiger charge is 2.15. The third kappa shape index (κ3) is 6.10. The van der Waals surface area contributed by atoms with Gasteiger partial charge in [0.25, 0.3) is 0 Å². The minimum absolute atomic E-state index is 0.0126. The van der Waals surface area contributed by atoms with Crippen molar-refractivity contribution < 1.29 is 23.8 Å². The molecule has 5 heteroatoms. The van der Waals surface area contributed by atoms with Gasteiger partial charge >= 0.3 is 5.97 Å². The molecule has 3 aromatic carbocycles. The summed E-state index contributed by atoms with van der Waals surface area (Å²) < 4.78 is 15.9. The van der Waals surface area contributed by atoms with Crippen molar-refractivity contribution in [2.75, 3.05) is 14.2 Å². The van der Waals surface area contributed by atoms with Crippen molar-refractivity contribution in [1.82, 2.24) is 0 Å². The summed E-state index contributed by atoms with van der Waals surface area (Å²) in [6.45, 7) is 6.35. The number of carbonyl (C=O) groups excluding carboxylic acids is 2. The number of esters is 1. The van der Waals surface area contributed by atoms with E-state index < -0.39 is 5.97 Å². The zero-order valence-electron chi connectivity index (χ0n) is 19.5. The topological polar surface area (TPSA) is 61.8 Å². The third-order valence-corrected chi connectivity index (χ3v) is 5.17. The predicted molar refractivity (Wildman–Crippen MR) is 129 cm³/mol. The molecule has 0 aliphatic carbocycles. The Bertz CT molecular complexity index is 1150. The number of ether oxygens (including phenoxy) is 3. The molecule has 33 heavy (non-hydrogen) atoms. The Morgan fingerprint density at radius 1 is 0.758 bits per heavy atom. The van der Waals surface area contributed by atoms with Gasteiger partial charge in [-0.1, -0.05) is 45.0 Å². The summed E-state index contributed by atoms with van der Waals surface area (Å²) in [5.41, 5.74) is 2.92. The van der Waals surface area contributed by atoms with Gasteiger partial charge in [-0.05, 0) is 71.1 Å². The number of allylic oxidation sites excluding steroid dienone is 1. The van der Waals surface area contributed by atoms with E-state index in [1.54, 1.807) is 68.8 Å². The second-order valence-electron chi connectivity index (χ2n) is 8.55. The minimum Gasteiger partial charge on any atom is -0.493 e. The molecule has 0 saturated heterocycles. The van der Waals surface area contributed by atoms with Crippen molar-refractivity contribution in [1.29, 1.82) is 0 Å². The van der Waals surface area contributed by atoms with E-state index in [2.05, 4.69) is 20.8 Å². The lowest BCUT2D eigenvalue weighted by molar-refractivity contribution is 0.0734. The molecule has 0 saturated carbocycles. The van der Waals surface area contributed by atoms with Crippen LogP contribution in [0.3, 0.4) is 0 Å². The number of benzene rings is 3. The molecule has 0 fully saturated rings. The van der Waals surface area contributed by atoms with Crippen molar-refractivity contribution in [3.8, 4) is 17.2 Å². The van der Waals surface area contributed by atoms with Crippen LogP contribution in [0.4, 0.5) is 0 Å². The fourth-order valence-corrected chi connectivity index (χ4v) is 3.18. The Balaban J connectivity index is 1.64. The van der Waals surface area contributed by atoms with Crippen molar-refractivity contribution in [3.05, 3.63) is 95.1 Å². The highest BCUT2D eigenvalue weighted by atomic mass is 16.5. The molecule has 0 amide bonds. The lowest BCUT2D eigenvalue weighted by Crippen LogP contribution is -2.13. The van der Waals surface area contributed by atoms with E-state index in [0.717, 1.165) is 11.1 Å². The normalized spacial score (nSPS) is 11.3. The maximum atomic E-state index is 12.5. The van der Waals surface area contributed by atoms with Gasteiger partial charge in [-0.2, -0.15) is 0 Å². The summed E-state index contributed by atoms with van der Waals surface area (Å²) in [4.78, 5) is 24.9. The fourth-order valence-electron chi connectivity index (χ4n) is 3.18. The SMILES string of the molecule is COc1ccc(/C=C/C(=O)c2ccc(OC(=O)c3ccc(C(C)(C)C)cc3)cc2)cc1OC. The van der Waals surface area contributed by atoms with Crippen LogP contribution in [0.25, 0.3) is 6.08 Å². The first-order valence-electron chi connectivity index (χ1n) is 10.6. The number of carbonyl (C=O) groups is 2. The summed E-state index contributed by atoms with van der Waals surface area (Å²) in [6, 6.07) is 19.3. The quantitative estimate of drug-likeness (QED) is 0.190. The third-order valence-electron chi connectivity index (χ3n) is 5.17. The van der Waals surface area contributed by atoms with Crippen LogP contribution in [0.5, 0.6) is 17.2 Å². The van der Waals surface area contributed by atoms with E-state index in [9.17, 15) is 9.59 Å². The molecule has 0 spiro atoms. The molecule has 3 aromatic rings. The molecule has 0 bridgehead atoms. The van der Waals surface area contributed by atoms with Gasteiger partial charge in [0.05, 0.1) is 19.8 Å². The van der Waals surface area contributed by atoms with Crippen molar-refractivity contribution in [2.24, 2.45) is 0 Å². The molecule has 0 atom stereocenters.